The highest BCUT2D eigenvalue weighted by Gasteiger charge is 2.10. The highest BCUT2D eigenvalue weighted by Crippen LogP contribution is 2.25. The summed E-state index contributed by atoms with van der Waals surface area (Å²) < 4.78 is 9.53. The van der Waals surface area contributed by atoms with E-state index < -0.39 is 0 Å². The van der Waals surface area contributed by atoms with Gasteiger partial charge in [0.15, 0.2) is 0 Å². The number of nitrogens with zero attached hydrogens (tertiary/aromatic N) is 3. The van der Waals surface area contributed by atoms with Crippen molar-refractivity contribution >= 4 is 0 Å². The van der Waals surface area contributed by atoms with Gasteiger partial charge in [-0.15, -0.1) is 0 Å². The van der Waals surface area contributed by atoms with Crippen LogP contribution in [0.4, 0.5) is 0 Å². The average molecular weight is 217 g/mol. The second-order valence-corrected chi connectivity index (χ2v) is 2.93. The Balaban J connectivity index is 2.48. The van der Waals surface area contributed by atoms with Gasteiger partial charge in [0.25, 0.3) is 0 Å². The zero-order valence-corrected chi connectivity index (χ0v) is 8.34. The third-order valence-electron chi connectivity index (χ3n) is 1.97. The van der Waals surface area contributed by atoms with Gasteiger partial charge in [0, 0.05) is 12.3 Å². The largest absolute Gasteiger partial charge is 0.495 e. The Hall–Kier alpha value is -2.55. The lowest BCUT2D eigenvalue weighted by Crippen LogP contribution is -1.91. The molecule has 6 nitrogen and oxygen atoms in total. The average Bonchev–Trinajstić information content (AvgIpc) is 2.75. The second kappa shape index (κ2) is 3.90. The van der Waals surface area contributed by atoms with Crippen LogP contribution in [-0.4, -0.2) is 22.4 Å². The van der Waals surface area contributed by atoms with E-state index in [2.05, 4.69) is 14.7 Å². The van der Waals surface area contributed by atoms with E-state index >= 15 is 0 Å². The number of pyridine rings is 1. The Kier molecular flexibility index (Phi) is 2.44. The monoisotopic (exact) mass is 217 g/mol. The second-order valence-electron chi connectivity index (χ2n) is 2.93. The minimum Gasteiger partial charge on any atom is -0.495 e. The number of hydrogen-bond donors (Lipinski definition) is 1. The topological polar surface area (TPSA) is 92.2 Å². The van der Waals surface area contributed by atoms with Crippen LogP contribution in [0.3, 0.4) is 0 Å². The molecule has 0 aliphatic carbocycles. The van der Waals surface area contributed by atoms with E-state index in [9.17, 15) is 0 Å². The quantitative estimate of drug-likeness (QED) is 0.815. The zero-order chi connectivity index (χ0) is 11.5. The van der Waals surface area contributed by atoms with Crippen LogP contribution in [0.15, 0.2) is 22.9 Å². The van der Waals surface area contributed by atoms with Crippen LogP contribution < -0.4 is 4.74 Å². The maximum Gasteiger partial charge on any atom is 0.309 e. The fourth-order valence-electron chi connectivity index (χ4n) is 1.22. The van der Waals surface area contributed by atoms with Crippen molar-refractivity contribution < 1.29 is 14.4 Å². The van der Waals surface area contributed by atoms with E-state index in [0.717, 1.165) is 0 Å². The highest BCUT2D eigenvalue weighted by molar-refractivity contribution is 5.59. The van der Waals surface area contributed by atoms with Gasteiger partial charge in [-0.1, -0.05) is 5.16 Å². The van der Waals surface area contributed by atoms with Gasteiger partial charge < -0.3 is 14.4 Å². The maximum atomic E-state index is 9.00. The van der Waals surface area contributed by atoms with Crippen LogP contribution >= 0.6 is 0 Å². The van der Waals surface area contributed by atoms with Gasteiger partial charge in [0.05, 0.1) is 18.9 Å². The molecule has 0 saturated heterocycles. The molecule has 0 aliphatic rings. The molecule has 2 aromatic rings. The number of rotatable bonds is 2. The van der Waals surface area contributed by atoms with Gasteiger partial charge in [-0.3, -0.25) is 4.98 Å². The third kappa shape index (κ3) is 1.66. The van der Waals surface area contributed by atoms with E-state index in [4.69, 9.17) is 15.1 Å². The molecule has 0 amide bonds. The molecular weight excluding hydrogens is 210 g/mol. The summed E-state index contributed by atoms with van der Waals surface area (Å²) in [5, 5.41) is 21.4. The number of aromatic hydroxyl groups is 1. The van der Waals surface area contributed by atoms with Gasteiger partial charge in [0.2, 0.25) is 0 Å². The number of hydrogen-bond acceptors (Lipinski definition) is 6. The zero-order valence-electron chi connectivity index (χ0n) is 8.34. The predicted molar refractivity (Wildman–Crippen MR) is 52.7 cm³/mol. The highest BCUT2D eigenvalue weighted by atomic mass is 16.5. The Morgan fingerprint density at radius 2 is 2.25 bits per heavy atom. The number of methoxy groups -OCH3 is 1. The predicted octanol–water partition coefficient (Wildman–Crippen LogP) is 1.32. The molecule has 6 heteroatoms. The molecule has 1 N–H and O–H groups in total. The van der Waals surface area contributed by atoms with Gasteiger partial charge in [-0.2, -0.15) is 5.26 Å². The van der Waals surface area contributed by atoms with Crippen LogP contribution in [-0.2, 0) is 0 Å². The van der Waals surface area contributed by atoms with Crippen LogP contribution in [0.1, 0.15) is 5.56 Å². The summed E-state index contributed by atoms with van der Waals surface area (Å²) in [5.41, 5.74) is 1.17. The number of ether oxygens (including phenoxy) is 1. The lowest BCUT2D eigenvalue weighted by atomic mass is 10.2. The lowest BCUT2D eigenvalue weighted by Gasteiger charge is -2.02. The van der Waals surface area contributed by atoms with Crippen molar-refractivity contribution in [2.75, 3.05) is 7.11 Å². The summed E-state index contributed by atoms with van der Waals surface area (Å²) >= 11 is 0. The molecular formula is C10H7N3O3. The maximum absolute atomic E-state index is 9.00. The van der Waals surface area contributed by atoms with Crippen LogP contribution in [0.2, 0.25) is 0 Å². The molecule has 16 heavy (non-hydrogen) atoms. The summed E-state index contributed by atoms with van der Waals surface area (Å²) in [7, 11) is 1.46. The molecule has 2 rings (SSSR count). The first-order chi connectivity index (χ1) is 7.74. The minimum absolute atomic E-state index is 0.292. The summed E-state index contributed by atoms with van der Waals surface area (Å²) in [4.78, 5) is 4.01. The van der Waals surface area contributed by atoms with Crippen molar-refractivity contribution in [2.45, 2.75) is 0 Å². The van der Waals surface area contributed by atoms with Crippen LogP contribution in [0.25, 0.3) is 11.4 Å². The molecule has 0 aromatic carbocycles. The minimum atomic E-state index is -0.292. The molecule has 2 heterocycles. The Labute approximate surface area is 90.7 Å². The summed E-state index contributed by atoms with van der Waals surface area (Å²) in [6.07, 6.45) is 1.37. The summed E-state index contributed by atoms with van der Waals surface area (Å²) in [5.74, 6) is 0.107. The Morgan fingerprint density at radius 1 is 1.44 bits per heavy atom. The fourth-order valence-corrected chi connectivity index (χ4v) is 1.22. The first-order valence-electron chi connectivity index (χ1n) is 4.35. The van der Waals surface area contributed by atoms with Crippen molar-refractivity contribution in [2.24, 2.45) is 0 Å². The first kappa shape index (κ1) is 9.98. The van der Waals surface area contributed by atoms with Crippen LogP contribution in [0, 0.1) is 11.3 Å². The summed E-state index contributed by atoms with van der Waals surface area (Å²) in [6.45, 7) is 0. The summed E-state index contributed by atoms with van der Waals surface area (Å²) in [6, 6.07) is 4.83. The van der Waals surface area contributed by atoms with E-state index in [1.807, 2.05) is 6.07 Å². The molecule has 0 spiro atoms. The Morgan fingerprint density at radius 3 is 2.81 bits per heavy atom. The smallest absolute Gasteiger partial charge is 0.309 e. The molecule has 0 radical (unpaired) electrons. The normalized spacial score (nSPS) is 9.75. The van der Waals surface area contributed by atoms with Crippen molar-refractivity contribution in [1.82, 2.24) is 10.1 Å². The van der Waals surface area contributed by atoms with Crippen molar-refractivity contribution in [3.05, 3.63) is 23.9 Å². The van der Waals surface area contributed by atoms with E-state index in [1.54, 1.807) is 6.07 Å². The van der Waals surface area contributed by atoms with Crippen molar-refractivity contribution in [3.8, 4) is 29.2 Å². The molecule has 80 valence electrons. The molecule has 2 aromatic heterocycles. The Bertz CT molecular complexity index is 557. The molecule has 0 atom stereocenters. The standard InChI is InChI=1S/C10H7N3O3/c1-15-9-2-7(12-5-6(9)4-11)8-3-10(14)16-13-8/h2-3,5,14H,1H3. The molecule has 0 bridgehead atoms. The number of nitriles is 1. The fraction of sp³-hybridized carbons (Fsp3) is 0.100. The van der Waals surface area contributed by atoms with Crippen molar-refractivity contribution in [3.63, 3.8) is 0 Å². The van der Waals surface area contributed by atoms with Crippen molar-refractivity contribution in [1.29, 1.82) is 5.26 Å². The van der Waals surface area contributed by atoms with Gasteiger partial charge in [-0.05, 0) is 0 Å². The first-order valence-corrected chi connectivity index (χ1v) is 4.35. The lowest BCUT2D eigenvalue weighted by molar-refractivity contribution is 0.278. The molecule has 0 unspecified atom stereocenters. The van der Waals surface area contributed by atoms with Gasteiger partial charge in [0.1, 0.15) is 23.1 Å². The molecule has 0 fully saturated rings. The third-order valence-corrected chi connectivity index (χ3v) is 1.97. The van der Waals surface area contributed by atoms with Crippen LogP contribution in [0.5, 0.6) is 11.7 Å². The van der Waals surface area contributed by atoms with E-state index in [0.29, 0.717) is 22.7 Å². The van der Waals surface area contributed by atoms with E-state index in [1.165, 1.54) is 19.4 Å². The molecule has 0 aliphatic heterocycles. The molecule has 0 saturated carbocycles. The SMILES string of the molecule is COc1cc(-c2cc(O)on2)ncc1C#N. The van der Waals surface area contributed by atoms with Gasteiger partial charge in [-0.25, -0.2) is 0 Å². The van der Waals surface area contributed by atoms with Gasteiger partial charge >= 0.3 is 5.95 Å². The number of aromatic nitrogens is 2. The van der Waals surface area contributed by atoms with E-state index in [-0.39, 0.29) is 5.95 Å².